The number of nitrogens with two attached hydrogens (primary N) is 1. The van der Waals surface area contributed by atoms with E-state index in [4.69, 9.17) is 5.73 Å². The minimum Gasteiger partial charge on any atom is -0.345 e. The molecular weight excluding hydrogens is 257 g/mol. The summed E-state index contributed by atoms with van der Waals surface area (Å²) in [5.41, 5.74) is 5.48. The highest BCUT2D eigenvalue weighted by Gasteiger charge is 2.48. The maximum atomic E-state index is 13.0. The molecule has 3 atom stereocenters. The maximum absolute atomic E-state index is 13.0. The number of hydrogen-bond acceptors (Lipinski definition) is 2. The first-order valence-corrected chi connectivity index (χ1v) is 6.79. The first-order valence-electron chi connectivity index (χ1n) is 6.79. The Morgan fingerprint density at radius 1 is 1.37 bits per heavy atom. The smallest absolute Gasteiger partial charge is 0.345 e. The molecule has 1 saturated carbocycles. The summed E-state index contributed by atoms with van der Waals surface area (Å²) >= 11 is 0. The molecule has 0 aromatic carbocycles. The van der Waals surface area contributed by atoms with Crippen LogP contribution in [0.25, 0.3) is 0 Å². The molecule has 0 aromatic heterocycles. The summed E-state index contributed by atoms with van der Waals surface area (Å²) in [7, 11) is 1.57. The molecule has 0 aromatic rings. The van der Waals surface area contributed by atoms with E-state index in [0.29, 0.717) is 32.4 Å². The normalized spacial score (nSPS) is 26.0. The molecule has 1 rings (SSSR count). The van der Waals surface area contributed by atoms with Crippen LogP contribution in [0.3, 0.4) is 0 Å². The Morgan fingerprint density at radius 2 is 1.95 bits per heavy atom. The highest BCUT2D eigenvalue weighted by atomic mass is 19.4. The van der Waals surface area contributed by atoms with Crippen molar-refractivity contribution < 1.29 is 18.0 Å². The van der Waals surface area contributed by atoms with E-state index < -0.39 is 18.0 Å². The van der Waals surface area contributed by atoms with Gasteiger partial charge in [-0.1, -0.05) is 19.8 Å². The number of carbonyl (C=O) groups is 1. The topological polar surface area (TPSA) is 46.3 Å². The van der Waals surface area contributed by atoms with Gasteiger partial charge in [0.25, 0.3) is 0 Å². The van der Waals surface area contributed by atoms with Gasteiger partial charge in [0, 0.05) is 19.5 Å². The first kappa shape index (κ1) is 16.3. The van der Waals surface area contributed by atoms with Crippen LogP contribution in [0.2, 0.25) is 0 Å². The van der Waals surface area contributed by atoms with Crippen LogP contribution in [0.4, 0.5) is 13.2 Å². The van der Waals surface area contributed by atoms with Crippen molar-refractivity contribution in [3.05, 3.63) is 0 Å². The standard InChI is InChI=1S/C13H23F3N2O/c1-9(7-17)8-18(2)12(19)10-5-3-4-6-11(10)13(14,15)16/h9-11H,3-8,17H2,1-2H3. The van der Waals surface area contributed by atoms with Gasteiger partial charge in [0.2, 0.25) is 5.91 Å². The third-order valence-electron chi connectivity index (χ3n) is 3.87. The Hall–Kier alpha value is -0.780. The molecule has 3 unspecified atom stereocenters. The predicted octanol–water partition coefficient (Wildman–Crippen LogP) is 2.41. The van der Waals surface area contributed by atoms with Crippen molar-refractivity contribution in [3.63, 3.8) is 0 Å². The fourth-order valence-electron chi connectivity index (χ4n) is 2.73. The van der Waals surface area contributed by atoms with E-state index in [1.807, 2.05) is 6.92 Å². The molecule has 0 aliphatic heterocycles. The van der Waals surface area contributed by atoms with E-state index in [2.05, 4.69) is 0 Å². The van der Waals surface area contributed by atoms with Gasteiger partial charge in [0.05, 0.1) is 5.92 Å². The van der Waals surface area contributed by atoms with Crippen molar-refractivity contribution in [1.82, 2.24) is 4.90 Å². The zero-order valence-corrected chi connectivity index (χ0v) is 11.5. The molecule has 0 heterocycles. The van der Waals surface area contributed by atoms with Crippen LogP contribution in [0.15, 0.2) is 0 Å². The van der Waals surface area contributed by atoms with E-state index >= 15 is 0 Å². The SMILES string of the molecule is CC(CN)CN(C)C(=O)C1CCCCC1C(F)(F)F. The van der Waals surface area contributed by atoms with Crippen LogP contribution in [0.5, 0.6) is 0 Å². The second-order valence-corrected chi connectivity index (χ2v) is 5.60. The molecule has 0 saturated heterocycles. The fraction of sp³-hybridized carbons (Fsp3) is 0.923. The molecule has 1 amide bonds. The Morgan fingerprint density at radius 3 is 2.47 bits per heavy atom. The zero-order valence-electron chi connectivity index (χ0n) is 11.5. The van der Waals surface area contributed by atoms with Crippen molar-refractivity contribution in [1.29, 1.82) is 0 Å². The fourth-order valence-corrected chi connectivity index (χ4v) is 2.73. The largest absolute Gasteiger partial charge is 0.392 e. The summed E-state index contributed by atoms with van der Waals surface area (Å²) in [5.74, 6) is -2.68. The van der Waals surface area contributed by atoms with Gasteiger partial charge in [-0.2, -0.15) is 13.2 Å². The average Bonchev–Trinajstić information content (AvgIpc) is 2.36. The van der Waals surface area contributed by atoms with Gasteiger partial charge in [-0.25, -0.2) is 0 Å². The molecular formula is C13H23F3N2O. The van der Waals surface area contributed by atoms with Crippen molar-refractivity contribution in [2.24, 2.45) is 23.5 Å². The molecule has 1 aliphatic rings. The summed E-state index contributed by atoms with van der Waals surface area (Å²) in [4.78, 5) is 13.6. The summed E-state index contributed by atoms with van der Waals surface area (Å²) in [6.45, 7) is 2.72. The molecule has 1 fully saturated rings. The van der Waals surface area contributed by atoms with Gasteiger partial charge in [-0.05, 0) is 25.3 Å². The van der Waals surface area contributed by atoms with Crippen LogP contribution < -0.4 is 5.73 Å². The van der Waals surface area contributed by atoms with Crippen LogP contribution in [-0.2, 0) is 4.79 Å². The van der Waals surface area contributed by atoms with Gasteiger partial charge in [0.1, 0.15) is 0 Å². The van der Waals surface area contributed by atoms with E-state index in [9.17, 15) is 18.0 Å². The van der Waals surface area contributed by atoms with Gasteiger partial charge >= 0.3 is 6.18 Å². The molecule has 2 N–H and O–H groups in total. The second-order valence-electron chi connectivity index (χ2n) is 5.60. The monoisotopic (exact) mass is 280 g/mol. The highest BCUT2D eigenvalue weighted by Crippen LogP contribution is 2.42. The molecule has 0 radical (unpaired) electrons. The van der Waals surface area contributed by atoms with Crippen LogP contribution in [-0.4, -0.2) is 37.1 Å². The molecule has 19 heavy (non-hydrogen) atoms. The van der Waals surface area contributed by atoms with Gasteiger partial charge in [-0.15, -0.1) is 0 Å². The Labute approximate surface area is 112 Å². The third kappa shape index (κ3) is 4.37. The van der Waals surface area contributed by atoms with Gasteiger partial charge < -0.3 is 10.6 Å². The number of carbonyl (C=O) groups excluding carboxylic acids is 1. The lowest BCUT2D eigenvalue weighted by molar-refractivity contribution is -0.200. The number of amides is 1. The Kier molecular flexibility index (Phi) is 5.64. The maximum Gasteiger partial charge on any atom is 0.392 e. The molecule has 0 spiro atoms. The molecule has 3 nitrogen and oxygen atoms in total. The van der Waals surface area contributed by atoms with Crippen molar-refractivity contribution >= 4 is 5.91 Å². The van der Waals surface area contributed by atoms with Crippen LogP contribution >= 0.6 is 0 Å². The van der Waals surface area contributed by atoms with Crippen molar-refractivity contribution in [3.8, 4) is 0 Å². The van der Waals surface area contributed by atoms with Gasteiger partial charge in [-0.3, -0.25) is 4.79 Å². The van der Waals surface area contributed by atoms with Crippen molar-refractivity contribution in [2.75, 3.05) is 20.1 Å². The molecule has 0 bridgehead atoms. The van der Waals surface area contributed by atoms with Crippen LogP contribution in [0.1, 0.15) is 32.6 Å². The van der Waals surface area contributed by atoms with E-state index in [0.717, 1.165) is 0 Å². The number of halogens is 3. The lowest BCUT2D eigenvalue weighted by Crippen LogP contribution is -2.44. The van der Waals surface area contributed by atoms with E-state index in [1.165, 1.54) is 4.90 Å². The molecule has 1 aliphatic carbocycles. The van der Waals surface area contributed by atoms with Crippen molar-refractivity contribution in [2.45, 2.75) is 38.8 Å². The third-order valence-corrected chi connectivity index (χ3v) is 3.87. The lowest BCUT2D eigenvalue weighted by Gasteiger charge is -2.35. The highest BCUT2D eigenvalue weighted by molar-refractivity contribution is 5.79. The minimum absolute atomic E-state index is 0.0696. The average molecular weight is 280 g/mol. The number of nitrogens with zero attached hydrogens (tertiary/aromatic N) is 1. The molecule has 6 heteroatoms. The van der Waals surface area contributed by atoms with Gasteiger partial charge in [0.15, 0.2) is 0 Å². The minimum atomic E-state index is -4.28. The summed E-state index contributed by atoms with van der Waals surface area (Å²) in [5, 5.41) is 0. The zero-order chi connectivity index (χ0) is 14.6. The quantitative estimate of drug-likeness (QED) is 0.859. The number of alkyl halides is 3. The first-order chi connectivity index (χ1) is 8.77. The Bertz CT molecular complexity index is 307. The second kappa shape index (κ2) is 6.59. The molecule has 112 valence electrons. The van der Waals surface area contributed by atoms with Crippen LogP contribution in [0, 0.1) is 17.8 Å². The summed E-state index contributed by atoms with van der Waals surface area (Å²) in [6, 6.07) is 0. The summed E-state index contributed by atoms with van der Waals surface area (Å²) in [6.07, 6.45) is -2.62. The van der Waals surface area contributed by atoms with E-state index in [-0.39, 0.29) is 18.2 Å². The summed E-state index contributed by atoms with van der Waals surface area (Å²) < 4.78 is 38.9. The predicted molar refractivity (Wildman–Crippen MR) is 67.4 cm³/mol. The lowest BCUT2D eigenvalue weighted by atomic mass is 9.78. The Balaban J connectivity index is 2.72. The number of hydrogen-bond donors (Lipinski definition) is 1. The van der Waals surface area contributed by atoms with E-state index in [1.54, 1.807) is 7.05 Å². The number of rotatable bonds is 4.